The summed E-state index contributed by atoms with van der Waals surface area (Å²) >= 11 is 0. The highest BCUT2D eigenvalue weighted by atomic mass is 16.6. The molecular weight excluding hydrogens is 474 g/mol. The molecule has 6 rings (SSSR count). The Kier molecular flexibility index (Phi) is 5.18. The van der Waals surface area contributed by atoms with Gasteiger partial charge >= 0.3 is 5.97 Å². The van der Waals surface area contributed by atoms with Gasteiger partial charge in [-0.15, -0.1) is 0 Å². The van der Waals surface area contributed by atoms with E-state index >= 15 is 0 Å². The molecule has 0 spiro atoms. The number of imide groups is 1. The second kappa shape index (κ2) is 8.33. The first kappa shape index (κ1) is 23.0. The number of esters is 1. The van der Waals surface area contributed by atoms with Crippen molar-refractivity contribution in [3.8, 4) is 11.5 Å². The third kappa shape index (κ3) is 3.78. The molecule has 2 aromatic rings. The molecule has 4 aliphatic heterocycles. The minimum absolute atomic E-state index is 0.146. The monoisotopic (exact) mass is 499 g/mol. The van der Waals surface area contributed by atoms with Crippen LogP contribution < -0.4 is 19.7 Å². The van der Waals surface area contributed by atoms with Gasteiger partial charge in [-0.25, -0.2) is 4.79 Å². The van der Waals surface area contributed by atoms with Crippen LogP contribution in [0.4, 0.5) is 5.69 Å². The number of benzene rings is 2. The van der Waals surface area contributed by atoms with Gasteiger partial charge in [0.05, 0.1) is 22.5 Å². The number of hydrogen-bond donors (Lipinski definition) is 1. The van der Waals surface area contributed by atoms with Crippen molar-refractivity contribution in [2.45, 2.75) is 38.8 Å². The Labute approximate surface area is 213 Å². The van der Waals surface area contributed by atoms with Crippen molar-refractivity contribution in [3.05, 3.63) is 71.1 Å². The van der Waals surface area contributed by atoms with Crippen LogP contribution in [0.15, 0.2) is 59.4 Å². The molecule has 4 aliphatic rings. The van der Waals surface area contributed by atoms with E-state index in [1.54, 1.807) is 30.6 Å². The van der Waals surface area contributed by atoms with Crippen molar-refractivity contribution in [1.29, 1.82) is 0 Å². The van der Waals surface area contributed by atoms with E-state index in [0.717, 1.165) is 11.3 Å². The topological polar surface area (TPSA) is 107 Å². The van der Waals surface area contributed by atoms with Crippen LogP contribution in [0.2, 0.25) is 0 Å². The molecule has 0 saturated carbocycles. The SMILES string of the molecule is CC(C)(C)OC(=O)C1Cc2cccc3c2N1C=CN=C3C1=C(c2cccc3c2OCCO3)C(=O)NC1=O. The number of carbonyl (C=O) groups excluding carboxylic acids is 3. The first-order valence-corrected chi connectivity index (χ1v) is 12.1. The van der Waals surface area contributed by atoms with E-state index in [1.165, 1.54) is 0 Å². The zero-order chi connectivity index (χ0) is 25.9. The smallest absolute Gasteiger partial charge is 0.329 e. The minimum Gasteiger partial charge on any atom is -0.486 e. The molecule has 1 unspecified atom stereocenters. The summed E-state index contributed by atoms with van der Waals surface area (Å²) in [6, 6.07) is 10.3. The normalized spacial score (nSPS) is 19.9. The standard InChI is InChI=1S/C28H25N3O6/c1-28(2,3)37-27(34)18-14-15-6-4-8-17-22(29-10-11-31(18)23(15)17)21-20(25(32)30-26(21)33)16-7-5-9-19-24(16)36-13-12-35-19/h4-11,18H,12-14H2,1-3H3,(H,30,32,33). The van der Waals surface area contributed by atoms with Crippen LogP contribution in [0, 0.1) is 0 Å². The van der Waals surface area contributed by atoms with Gasteiger partial charge < -0.3 is 19.1 Å². The van der Waals surface area contributed by atoms with E-state index in [1.807, 2.05) is 43.9 Å². The maximum atomic E-state index is 13.2. The highest BCUT2D eigenvalue weighted by molar-refractivity contribution is 6.48. The average Bonchev–Trinajstić information content (AvgIpc) is 3.29. The maximum absolute atomic E-state index is 13.2. The molecule has 4 heterocycles. The lowest BCUT2D eigenvalue weighted by atomic mass is 9.92. The van der Waals surface area contributed by atoms with Gasteiger partial charge in [0.1, 0.15) is 24.9 Å². The number of anilines is 1. The third-order valence-corrected chi connectivity index (χ3v) is 6.50. The number of aliphatic imine (C=N–C) groups is 1. The molecule has 1 atom stereocenters. The van der Waals surface area contributed by atoms with Crippen LogP contribution in [-0.2, 0) is 25.5 Å². The van der Waals surface area contributed by atoms with Crippen LogP contribution in [0.1, 0.15) is 37.5 Å². The Morgan fingerprint density at radius 1 is 1.03 bits per heavy atom. The van der Waals surface area contributed by atoms with Crippen LogP contribution in [0.25, 0.3) is 5.57 Å². The molecule has 0 bridgehead atoms. The van der Waals surface area contributed by atoms with Gasteiger partial charge in [-0.1, -0.05) is 30.3 Å². The summed E-state index contributed by atoms with van der Waals surface area (Å²) in [5, 5.41) is 2.42. The van der Waals surface area contributed by atoms with Crippen molar-refractivity contribution in [2.75, 3.05) is 18.1 Å². The molecule has 0 aliphatic carbocycles. The third-order valence-electron chi connectivity index (χ3n) is 6.50. The predicted molar refractivity (Wildman–Crippen MR) is 135 cm³/mol. The minimum atomic E-state index is -0.630. The van der Waals surface area contributed by atoms with Gasteiger partial charge in [-0.3, -0.25) is 19.9 Å². The summed E-state index contributed by atoms with van der Waals surface area (Å²) in [7, 11) is 0. The molecule has 188 valence electrons. The van der Waals surface area contributed by atoms with Crippen LogP contribution in [-0.4, -0.2) is 48.4 Å². The zero-order valence-corrected chi connectivity index (χ0v) is 20.7. The lowest BCUT2D eigenvalue weighted by Crippen LogP contribution is -2.40. The van der Waals surface area contributed by atoms with Crippen LogP contribution in [0.3, 0.4) is 0 Å². The molecular formula is C28H25N3O6. The number of amides is 2. The van der Waals surface area contributed by atoms with E-state index in [9.17, 15) is 14.4 Å². The summed E-state index contributed by atoms with van der Waals surface area (Å²) in [6.45, 7) is 6.23. The number of carbonyl (C=O) groups is 3. The predicted octanol–water partition coefficient (Wildman–Crippen LogP) is 2.91. The van der Waals surface area contributed by atoms with Gasteiger partial charge in [-0.2, -0.15) is 0 Å². The molecule has 0 saturated heterocycles. The lowest BCUT2D eigenvalue weighted by molar-refractivity contribution is -0.156. The van der Waals surface area contributed by atoms with Crippen molar-refractivity contribution in [3.63, 3.8) is 0 Å². The van der Waals surface area contributed by atoms with E-state index in [4.69, 9.17) is 14.2 Å². The van der Waals surface area contributed by atoms with Crippen molar-refractivity contribution in [2.24, 2.45) is 4.99 Å². The Morgan fingerprint density at radius 3 is 2.57 bits per heavy atom. The highest BCUT2D eigenvalue weighted by Gasteiger charge is 2.42. The summed E-state index contributed by atoms with van der Waals surface area (Å²) in [5.74, 6) is -0.494. The molecule has 9 nitrogen and oxygen atoms in total. The maximum Gasteiger partial charge on any atom is 0.329 e. The molecule has 0 fully saturated rings. The Bertz CT molecular complexity index is 1460. The number of rotatable bonds is 3. The fourth-order valence-electron chi connectivity index (χ4n) is 5.12. The van der Waals surface area contributed by atoms with Crippen molar-refractivity contribution >= 4 is 34.8 Å². The van der Waals surface area contributed by atoms with Crippen molar-refractivity contribution < 1.29 is 28.6 Å². The molecule has 2 aromatic carbocycles. The van der Waals surface area contributed by atoms with Gasteiger partial charge in [0.15, 0.2) is 11.5 Å². The van der Waals surface area contributed by atoms with Crippen LogP contribution >= 0.6 is 0 Å². The van der Waals surface area contributed by atoms with Gasteiger partial charge in [-0.05, 0) is 32.4 Å². The second-order valence-corrected chi connectivity index (χ2v) is 10.1. The highest BCUT2D eigenvalue weighted by Crippen LogP contribution is 2.43. The number of para-hydroxylation sites is 2. The lowest BCUT2D eigenvalue weighted by Gasteiger charge is -2.27. The zero-order valence-electron chi connectivity index (χ0n) is 20.7. The second-order valence-electron chi connectivity index (χ2n) is 10.1. The largest absolute Gasteiger partial charge is 0.486 e. The quantitative estimate of drug-likeness (QED) is 0.511. The Hall–Kier alpha value is -4.40. The number of ether oxygens (including phenoxy) is 3. The first-order valence-electron chi connectivity index (χ1n) is 12.1. The molecule has 0 aromatic heterocycles. The molecule has 2 amide bonds. The van der Waals surface area contributed by atoms with Crippen molar-refractivity contribution in [1.82, 2.24) is 5.32 Å². The molecule has 0 radical (unpaired) electrons. The molecule has 1 N–H and O–H groups in total. The number of hydrogen-bond acceptors (Lipinski definition) is 8. The summed E-state index contributed by atoms with van der Waals surface area (Å²) < 4.78 is 17.2. The fraction of sp³-hybridized carbons (Fsp3) is 0.286. The average molecular weight is 500 g/mol. The molecule has 37 heavy (non-hydrogen) atoms. The van der Waals surface area contributed by atoms with Gasteiger partial charge in [0.25, 0.3) is 11.8 Å². The van der Waals surface area contributed by atoms with Gasteiger partial charge in [0, 0.05) is 29.9 Å². The Balaban J connectivity index is 1.49. The molecule has 9 heteroatoms. The first-order chi connectivity index (χ1) is 17.7. The summed E-state index contributed by atoms with van der Waals surface area (Å²) in [5.41, 5.74) is 2.82. The summed E-state index contributed by atoms with van der Waals surface area (Å²) in [6.07, 6.45) is 3.71. The number of nitrogens with zero attached hydrogens (tertiary/aromatic N) is 2. The van der Waals surface area contributed by atoms with Crippen LogP contribution in [0.5, 0.6) is 11.5 Å². The Morgan fingerprint density at radius 2 is 1.76 bits per heavy atom. The number of nitrogens with one attached hydrogen (secondary N) is 1. The fourth-order valence-corrected chi connectivity index (χ4v) is 5.12. The van der Waals surface area contributed by atoms with E-state index < -0.39 is 23.5 Å². The van der Waals surface area contributed by atoms with E-state index in [0.29, 0.717) is 48.0 Å². The van der Waals surface area contributed by atoms with E-state index in [2.05, 4.69) is 10.3 Å². The number of fused-ring (bicyclic) bond motifs is 1. The van der Waals surface area contributed by atoms with Gasteiger partial charge in [0.2, 0.25) is 0 Å². The van der Waals surface area contributed by atoms with E-state index in [-0.39, 0.29) is 17.1 Å². The summed E-state index contributed by atoms with van der Waals surface area (Å²) in [4.78, 5) is 45.8.